The van der Waals surface area contributed by atoms with Crippen LogP contribution in [0.3, 0.4) is 0 Å². The molecule has 1 saturated carbocycles. The Morgan fingerprint density at radius 2 is 1.97 bits per heavy atom. The number of hydrogen-bond donors (Lipinski definition) is 4. The molecule has 0 bridgehead atoms. The van der Waals surface area contributed by atoms with E-state index in [-0.39, 0.29) is 6.04 Å². The maximum atomic E-state index is 10.7. The van der Waals surface area contributed by atoms with E-state index in [1.165, 1.54) is 6.33 Å². The first-order chi connectivity index (χ1) is 15.5. The van der Waals surface area contributed by atoms with E-state index in [0.717, 1.165) is 29.7 Å². The van der Waals surface area contributed by atoms with Crippen LogP contribution >= 0.6 is 11.8 Å². The number of aromatic nitrogens is 4. The number of nitrogens with one attached hydrogen (secondary N) is 1. The van der Waals surface area contributed by atoms with Crippen LogP contribution in [0.5, 0.6) is 0 Å². The van der Waals surface area contributed by atoms with Crippen LogP contribution in [-0.4, -0.2) is 71.0 Å². The molecule has 9 nitrogen and oxygen atoms in total. The third-order valence-corrected chi connectivity index (χ3v) is 7.53. The Morgan fingerprint density at radius 3 is 2.75 bits per heavy atom. The summed E-state index contributed by atoms with van der Waals surface area (Å²) >= 11 is 1.59. The molecule has 1 aliphatic carbocycles. The summed E-state index contributed by atoms with van der Waals surface area (Å²) in [5.41, 5.74) is 2.19. The van der Waals surface area contributed by atoms with Crippen LogP contribution in [0.1, 0.15) is 31.1 Å². The molecule has 0 amide bonds. The smallest absolute Gasteiger partial charge is 0.167 e. The maximum Gasteiger partial charge on any atom is 0.167 e. The molecule has 5 rings (SSSR count). The van der Waals surface area contributed by atoms with Gasteiger partial charge in [0.1, 0.15) is 18.5 Å². The Hall–Kier alpha value is -2.24. The first kappa shape index (κ1) is 21.6. The monoisotopic (exact) mass is 457 g/mol. The molecular weight excluding hydrogens is 430 g/mol. The number of benzene rings is 1. The SMILES string of the molecule is Cc1ccccc1SC[C@H]1O[C@@H](n2cnc3c(N[C@@H]4CCC[C@H]4O)ncnc32)[C@H](O)[C@@H]1O. The van der Waals surface area contributed by atoms with Crippen LogP contribution in [0.25, 0.3) is 11.2 Å². The second-order valence-corrected chi connectivity index (χ2v) is 9.48. The summed E-state index contributed by atoms with van der Waals surface area (Å²) in [6.45, 7) is 2.04. The molecule has 0 unspecified atom stereocenters. The number of rotatable bonds is 6. The standard InChI is InChI=1S/C22H27N5O4S/c1-12-5-2-3-8-16(12)32-9-15-18(29)19(30)22(31-15)27-11-25-17-20(23-10-24-21(17)27)26-13-6-4-7-14(13)28/h2-3,5,8,10-11,13-15,18-19,22,28-30H,4,6-7,9H2,1H3,(H,23,24,26)/t13-,14-,15-,18-,19-,22-/m1/s1. The zero-order valence-electron chi connectivity index (χ0n) is 17.7. The molecule has 0 radical (unpaired) electrons. The highest BCUT2D eigenvalue weighted by Crippen LogP contribution is 2.35. The first-order valence-electron chi connectivity index (χ1n) is 10.8. The van der Waals surface area contributed by atoms with Crippen molar-refractivity contribution in [3.05, 3.63) is 42.5 Å². The van der Waals surface area contributed by atoms with Crippen LogP contribution < -0.4 is 5.32 Å². The van der Waals surface area contributed by atoms with Crippen molar-refractivity contribution in [3.63, 3.8) is 0 Å². The van der Waals surface area contributed by atoms with E-state index in [1.54, 1.807) is 22.7 Å². The van der Waals surface area contributed by atoms with Gasteiger partial charge in [-0.2, -0.15) is 0 Å². The number of thioether (sulfide) groups is 1. The van der Waals surface area contributed by atoms with Gasteiger partial charge < -0.3 is 25.4 Å². The average molecular weight is 458 g/mol. The largest absolute Gasteiger partial charge is 0.391 e. The lowest BCUT2D eigenvalue weighted by Gasteiger charge is -2.18. The molecule has 170 valence electrons. The van der Waals surface area contributed by atoms with E-state index in [9.17, 15) is 15.3 Å². The van der Waals surface area contributed by atoms with Gasteiger partial charge in [-0.05, 0) is 37.8 Å². The zero-order valence-corrected chi connectivity index (χ0v) is 18.5. The van der Waals surface area contributed by atoms with Gasteiger partial charge in [0.25, 0.3) is 0 Å². The molecule has 2 aromatic heterocycles. The molecule has 4 N–H and O–H groups in total. The number of aliphatic hydroxyl groups excluding tert-OH is 3. The van der Waals surface area contributed by atoms with Gasteiger partial charge in [0, 0.05) is 10.6 Å². The number of imidazole rings is 1. The summed E-state index contributed by atoms with van der Waals surface area (Å²) < 4.78 is 7.71. The van der Waals surface area contributed by atoms with Crippen molar-refractivity contribution in [2.45, 2.75) is 67.8 Å². The maximum absolute atomic E-state index is 10.7. The number of aliphatic hydroxyl groups is 3. The van der Waals surface area contributed by atoms with Crippen LogP contribution in [0.2, 0.25) is 0 Å². The van der Waals surface area contributed by atoms with Gasteiger partial charge in [0.05, 0.1) is 24.6 Å². The summed E-state index contributed by atoms with van der Waals surface area (Å²) in [6.07, 6.45) is 1.67. The molecule has 1 saturated heterocycles. The van der Waals surface area contributed by atoms with E-state index in [0.29, 0.717) is 22.7 Å². The van der Waals surface area contributed by atoms with Gasteiger partial charge >= 0.3 is 0 Å². The van der Waals surface area contributed by atoms with Crippen LogP contribution in [-0.2, 0) is 4.74 Å². The summed E-state index contributed by atoms with van der Waals surface area (Å²) in [7, 11) is 0. The van der Waals surface area contributed by atoms with Crippen LogP contribution in [0.4, 0.5) is 5.82 Å². The number of fused-ring (bicyclic) bond motifs is 1. The highest BCUT2D eigenvalue weighted by Gasteiger charge is 2.44. The number of aryl methyl sites for hydroxylation is 1. The molecule has 1 aliphatic heterocycles. The molecular formula is C22H27N5O4S. The quantitative estimate of drug-likeness (QED) is 0.410. The molecule has 2 fully saturated rings. The summed E-state index contributed by atoms with van der Waals surface area (Å²) in [4.78, 5) is 14.2. The number of hydrogen-bond acceptors (Lipinski definition) is 9. The predicted molar refractivity (Wildman–Crippen MR) is 120 cm³/mol. The van der Waals surface area contributed by atoms with E-state index in [4.69, 9.17) is 4.74 Å². The predicted octanol–water partition coefficient (Wildman–Crippen LogP) is 1.87. The fourth-order valence-corrected chi connectivity index (χ4v) is 5.51. The Balaban J connectivity index is 1.34. The molecule has 32 heavy (non-hydrogen) atoms. The van der Waals surface area contributed by atoms with Crippen molar-refractivity contribution in [1.82, 2.24) is 19.5 Å². The fourth-order valence-electron chi connectivity index (χ4n) is 4.42. The topological polar surface area (TPSA) is 126 Å². The highest BCUT2D eigenvalue weighted by atomic mass is 32.2. The van der Waals surface area contributed by atoms with Gasteiger partial charge in [-0.1, -0.05) is 18.2 Å². The van der Waals surface area contributed by atoms with Gasteiger partial charge in [-0.25, -0.2) is 15.0 Å². The van der Waals surface area contributed by atoms with Crippen molar-refractivity contribution in [1.29, 1.82) is 0 Å². The Morgan fingerprint density at radius 1 is 1.12 bits per heavy atom. The summed E-state index contributed by atoms with van der Waals surface area (Å²) in [5.74, 6) is 1.05. The lowest BCUT2D eigenvalue weighted by molar-refractivity contribution is -0.0289. The third-order valence-electron chi connectivity index (χ3n) is 6.27. The summed E-state index contributed by atoms with van der Waals surface area (Å²) in [5, 5.41) is 34.8. The van der Waals surface area contributed by atoms with E-state index < -0.39 is 30.6 Å². The molecule has 0 spiro atoms. The molecule has 3 heterocycles. The summed E-state index contributed by atoms with van der Waals surface area (Å²) in [6, 6.07) is 7.97. The number of ether oxygens (including phenoxy) is 1. The number of nitrogens with zero attached hydrogens (tertiary/aromatic N) is 4. The molecule has 2 aliphatic rings. The lowest BCUT2D eigenvalue weighted by atomic mass is 10.1. The minimum atomic E-state index is -1.11. The van der Waals surface area contributed by atoms with Crippen molar-refractivity contribution >= 4 is 28.7 Å². The van der Waals surface area contributed by atoms with E-state index in [1.807, 2.05) is 31.2 Å². The van der Waals surface area contributed by atoms with Crippen molar-refractivity contribution < 1.29 is 20.1 Å². The van der Waals surface area contributed by atoms with Crippen molar-refractivity contribution in [2.24, 2.45) is 0 Å². The average Bonchev–Trinajstić information content (AvgIpc) is 3.47. The normalized spacial score (nSPS) is 30.2. The van der Waals surface area contributed by atoms with E-state index in [2.05, 4.69) is 20.3 Å². The van der Waals surface area contributed by atoms with Gasteiger partial charge in [-0.15, -0.1) is 11.8 Å². The van der Waals surface area contributed by atoms with Gasteiger partial charge in [0.15, 0.2) is 23.2 Å². The lowest BCUT2D eigenvalue weighted by Crippen LogP contribution is -2.32. The number of anilines is 1. The van der Waals surface area contributed by atoms with E-state index >= 15 is 0 Å². The minimum absolute atomic E-state index is 0.0729. The second kappa shape index (κ2) is 8.95. The highest BCUT2D eigenvalue weighted by molar-refractivity contribution is 7.99. The van der Waals surface area contributed by atoms with Crippen molar-refractivity contribution in [3.8, 4) is 0 Å². The van der Waals surface area contributed by atoms with Gasteiger partial charge in [0.2, 0.25) is 0 Å². The first-order valence-corrected chi connectivity index (χ1v) is 11.8. The Bertz CT molecular complexity index is 1100. The molecule has 1 aromatic carbocycles. The van der Waals surface area contributed by atoms with Crippen molar-refractivity contribution in [2.75, 3.05) is 11.1 Å². The van der Waals surface area contributed by atoms with Crippen LogP contribution in [0.15, 0.2) is 41.8 Å². The Labute approximate surface area is 189 Å². The Kier molecular flexibility index (Phi) is 6.04. The third kappa shape index (κ3) is 3.97. The zero-order chi connectivity index (χ0) is 22.2. The minimum Gasteiger partial charge on any atom is -0.391 e. The molecule has 10 heteroatoms. The van der Waals surface area contributed by atoms with Gasteiger partial charge in [-0.3, -0.25) is 4.57 Å². The second-order valence-electron chi connectivity index (χ2n) is 8.42. The molecule has 6 atom stereocenters. The fraction of sp³-hybridized carbons (Fsp3) is 0.500. The molecule has 3 aromatic rings. The van der Waals surface area contributed by atoms with Crippen LogP contribution in [0, 0.1) is 6.92 Å².